The van der Waals surface area contributed by atoms with Crippen LogP contribution in [-0.2, 0) is 5.60 Å². The van der Waals surface area contributed by atoms with Gasteiger partial charge in [0.25, 0.3) is 0 Å². The maximum absolute atomic E-state index is 11.0. The second kappa shape index (κ2) is 4.01. The van der Waals surface area contributed by atoms with Crippen LogP contribution >= 0.6 is 11.3 Å². The summed E-state index contributed by atoms with van der Waals surface area (Å²) in [6.07, 6.45) is 1.27. The minimum atomic E-state index is -1.42. The summed E-state index contributed by atoms with van der Waals surface area (Å²) < 4.78 is 5.13. The highest BCUT2D eigenvalue weighted by Gasteiger charge is 2.34. The lowest BCUT2D eigenvalue weighted by Crippen LogP contribution is -2.23. The third kappa shape index (κ3) is 1.99. The number of hydrogen-bond acceptors (Lipinski definition) is 4. The number of aromatic carboxylic acids is 1. The van der Waals surface area contributed by atoms with Crippen molar-refractivity contribution >= 4 is 17.3 Å². The topological polar surface area (TPSA) is 70.7 Å². The molecule has 0 fully saturated rings. The molecule has 0 spiro atoms. The Hall–Kier alpha value is -1.59. The minimum absolute atomic E-state index is 0.0129. The first-order valence-electron chi connectivity index (χ1n) is 5.03. The van der Waals surface area contributed by atoms with Gasteiger partial charge in [-0.3, -0.25) is 0 Å². The first-order valence-corrected chi connectivity index (χ1v) is 5.85. The molecule has 0 radical (unpaired) electrons. The van der Waals surface area contributed by atoms with E-state index in [1.165, 1.54) is 30.6 Å². The number of rotatable bonds is 3. The van der Waals surface area contributed by atoms with Gasteiger partial charge in [-0.05, 0) is 32.0 Å². The zero-order valence-corrected chi connectivity index (χ0v) is 10.2. The third-order valence-electron chi connectivity index (χ3n) is 2.56. The lowest BCUT2D eigenvalue weighted by Gasteiger charge is -2.20. The largest absolute Gasteiger partial charge is 0.478 e. The van der Waals surface area contributed by atoms with Crippen molar-refractivity contribution in [3.05, 3.63) is 45.5 Å². The van der Waals surface area contributed by atoms with Crippen LogP contribution in [0.1, 0.15) is 32.8 Å². The Morgan fingerprint density at radius 2 is 2.12 bits per heavy atom. The second-order valence-electron chi connectivity index (χ2n) is 3.95. The molecule has 0 aliphatic carbocycles. The van der Waals surface area contributed by atoms with Crippen LogP contribution in [-0.4, -0.2) is 16.2 Å². The van der Waals surface area contributed by atoms with Crippen LogP contribution in [0.25, 0.3) is 0 Å². The molecule has 17 heavy (non-hydrogen) atoms. The van der Waals surface area contributed by atoms with Gasteiger partial charge in [0.1, 0.15) is 5.56 Å². The fourth-order valence-electron chi connectivity index (χ4n) is 1.66. The van der Waals surface area contributed by atoms with Crippen molar-refractivity contribution in [3.8, 4) is 0 Å². The van der Waals surface area contributed by atoms with Gasteiger partial charge in [0, 0.05) is 9.75 Å². The zero-order valence-electron chi connectivity index (χ0n) is 9.43. The van der Waals surface area contributed by atoms with E-state index in [1.54, 1.807) is 6.07 Å². The van der Waals surface area contributed by atoms with Crippen LogP contribution in [0.4, 0.5) is 0 Å². The number of carbonyl (C=O) groups is 1. The molecule has 2 aromatic rings. The maximum atomic E-state index is 11.0. The van der Waals surface area contributed by atoms with Gasteiger partial charge in [-0.1, -0.05) is 0 Å². The molecule has 0 saturated heterocycles. The van der Waals surface area contributed by atoms with Crippen molar-refractivity contribution in [3.63, 3.8) is 0 Å². The standard InChI is InChI=1S/C12H12O4S/c1-7-3-4-9(17-7)12(2,15)10-8(11(13)14)5-6-16-10/h3-6,15H,1-2H3,(H,13,14). The number of aliphatic hydroxyl groups is 1. The van der Waals surface area contributed by atoms with Crippen molar-refractivity contribution in [2.45, 2.75) is 19.4 Å². The summed E-state index contributed by atoms with van der Waals surface area (Å²) in [5, 5.41) is 19.4. The van der Waals surface area contributed by atoms with Crippen molar-refractivity contribution in [1.82, 2.24) is 0 Å². The first-order chi connectivity index (χ1) is 7.93. The fourth-order valence-corrected chi connectivity index (χ4v) is 2.57. The van der Waals surface area contributed by atoms with E-state index in [-0.39, 0.29) is 11.3 Å². The Balaban J connectivity index is 2.51. The molecule has 2 aromatic heterocycles. The van der Waals surface area contributed by atoms with Gasteiger partial charge < -0.3 is 14.6 Å². The predicted molar refractivity (Wildman–Crippen MR) is 63.4 cm³/mol. The molecule has 0 aliphatic heterocycles. The molecular formula is C12H12O4S. The molecule has 0 saturated carbocycles. The molecule has 0 amide bonds. The number of thiophene rings is 1. The lowest BCUT2D eigenvalue weighted by molar-refractivity contribution is 0.0626. The summed E-state index contributed by atoms with van der Waals surface area (Å²) in [4.78, 5) is 12.7. The fraction of sp³-hybridized carbons (Fsp3) is 0.250. The average molecular weight is 252 g/mol. The van der Waals surface area contributed by atoms with Gasteiger partial charge in [-0.25, -0.2) is 4.79 Å². The van der Waals surface area contributed by atoms with E-state index in [1.807, 2.05) is 13.0 Å². The molecule has 5 heteroatoms. The highest BCUT2D eigenvalue weighted by molar-refractivity contribution is 7.12. The van der Waals surface area contributed by atoms with Crippen LogP contribution < -0.4 is 0 Å². The molecule has 2 rings (SSSR count). The van der Waals surface area contributed by atoms with E-state index in [9.17, 15) is 9.90 Å². The van der Waals surface area contributed by atoms with Crippen molar-refractivity contribution in [1.29, 1.82) is 0 Å². The molecule has 0 bridgehead atoms. The van der Waals surface area contributed by atoms with Crippen LogP contribution in [0, 0.1) is 6.92 Å². The number of carboxylic acids is 1. The normalized spacial score (nSPS) is 14.5. The Morgan fingerprint density at radius 3 is 2.65 bits per heavy atom. The number of carboxylic acid groups (broad SMARTS) is 1. The van der Waals surface area contributed by atoms with E-state index < -0.39 is 11.6 Å². The number of aryl methyl sites for hydroxylation is 1. The smallest absolute Gasteiger partial charge is 0.339 e. The molecule has 1 unspecified atom stereocenters. The Morgan fingerprint density at radius 1 is 1.41 bits per heavy atom. The van der Waals surface area contributed by atoms with E-state index in [2.05, 4.69) is 0 Å². The Bertz CT molecular complexity index is 550. The molecule has 90 valence electrons. The maximum Gasteiger partial charge on any atom is 0.339 e. The monoisotopic (exact) mass is 252 g/mol. The van der Waals surface area contributed by atoms with E-state index >= 15 is 0 Å². The quantitative estimate of drug-likeness (QED) is 0.880. The summed E-state index contributed by atoms with van der Waals surface area (Å²) in [6, 6.07) is 4.98. The number of furan rings is 1. The van der Waals surface area contributed by atoms with E-state index in [0.29, 0.717) is 4.88 Å². The number of hydrogen-bond donors (Lipinski definition) is 2. The Kier molecular flexibility index (Phi) is 2.81. The zero-order chi connectivity index (χ0) is 12.6. The van der Waals surface area contributed by atoms with E-state index in [0.717, 1.165) is 4.88 Å². The highest BCUT2D eigenvalue weighted by atomic mass is 32.1. The summed E-state index contributed by atoms with van der Waals surface area (Å²) in [7, 11) is 0. The van der Waals surface area contributed by atoms with Crippen molar-refractivity contribution < 1.29 is 19.4 Å². The van der Waals surface area contributed by atoms with E-state index in [4.69, 9.17) is 9.52 Å². The predicted octanol–water partition coefficient (Wildman–Crippen LogP) is 2.60. The molecule has 2 heterocycles. The van der Waals surface area contributed by atoms with Gasteiger partial charge in [0.15, 0.2) is 11.4 Å². The van der Waals surface area contributed by atoms with Gasteiger partial charge in [-0.15, -0.1) is 11.3 Å². The average Bonchev–Trinajstić information content (AvgIpc) is 2.84. The molecule has 2 N–H and O–H groups in total. The Labute approximate surface area is 102 Å². The van der Waals surface area contributed by atoms with Gasteiger partial charge >= 0.3 is 5.97 Å². The minimum Gasteiger partial charge on any atom is -0.478 e. The van der Waals surface area contributed by atoms with Crippen LogP contribution in [0.3, 0.4) is 0 Å². The molecule has 1 atom stereocenters. The van der Waals surface area contributed by atoms with Gasteiger partial charge in [0.2, 0.25) is 0 Å². The molecule has 4 nitrogen and oxygen atoms in total. The highest BCUT2D eigenvalue weighted by Crippen LogP contribution is 2.36. The summed E-state index contributed by atoms with van der Waals surface area (Å²) >= 11 is 1.41. The molecule has 0 aromatic carbocycles. The van der Waals surface area contributed by atoms with Gasteiger partial charge in [-0.2, -0.15) is 0 Å². The summed E-state index contributed by atoms with van der Waals surface area (Å²) in [5.41, 5.74) is -1.43. The molecule has 0 aliphatic rings. The summed E-state index contributed by atoms with van der Waals surface area (Å²) in [6.45, 7) is 3.45. The van der Waals surface area contributed by atoms with Crippen LogP contribution in [0.2, 0.25) is 0 Å². The van der Waals surface area contributed by atoms with Crippen molar-refractivity contribution in [2.75, 3.05) is 0 Å². The molecular weight excluding hydrogens is 240 g/mol. The van der Waals surface area contributed by atoms with Gasteiger partial charge in [0.05, 0.1) is 6.26 Å². The second-order valence-corrected chi connectivity index (χ2v) is 5.24. The summed E-state index contributed by atoms with van der Waals surface area (Å²) in [5.74, 6) is -1.05. The van der Waals surface area contributed by atoms with Crippen LogP contribution in [0.5, 0.6) is 0 Å². The third-order valence-corrected chi connectivity index (χ3v) is 3.77. The lowest BCUT2D eigenvalue weighted by atomic mass is 9.98. The SMILES string of the molecule is Cc1ccc(C(C)(O)c2occc2C(=O)O)s1. The van der Waals surface area contributed by atoms with Crippen LogP contribution in [0.15, 0.2) is 28.9 Å². The first kappa shape index (κ1) is 11.9. The van der Waals surface area contributed by atoms with Crippen molar-refractivity contribution in [2.24, 2.45) is 0 Å².